The number of benzene rings is 2. The molecule has 0 N–H and O–H groups in total. The van der Waals surface area contributed by atoms with E-state index in [0.29, 0.717) is 0 Å². The molecule has 15 heavy (non-hydrogen) atoms. The van der Waals surface area contributed by atoms with Crippen molar-refractivity contribution in [2.24, 2.45) is 0 Å². The molecule has 0 unspecified atom stereocenters. The lowest BCUT2D eigenvalue weighted by Gasteiger charge is -1.99. The minimum atomic E-state index is 1.05. The van der Waals surface area contributed by atoms with Crippen LogP contribution in [0.3, 0.4) is 0 Å². The molecule has 0 aromatic heterocycles. The van der Waals surface area contributed by atoms with Crippen molar-refractivity contribution < 1.29 is 0 Å². The van der Waals surface area contributed by atoms with Gasteiger partial charge in [-0.25, -0.2) is 0 Å². The van der Waals surface area contributed by atoms with E-state index in [9.17, 15) is 0 Å². The number of hydrogen-bond donors (Lipinski definition) is 0. The Morgan fingerprint density at radius 1 is 0.733 bits per heavy atom. The van der Waals surface area contributed by atoms with Crippen molar-refractivity contribution >= 4 is 28.6 Å². The van der Waals surface area contributed by atoms with Gasteiger partial charge in [-0.15, -0.1) is 4.58 Å². The Labute approximate surface area is 94.3 Å². The fraction of sp³-hybridized carbons (Fsp3) is 0. The predicted molar refractivity (Wildman–Crippen MR) is 66.3 cm³/mol. The number of rotatable bonds is 2. The summed E-state index contributed by atoms with van der Waals surface area (Å²) in [5, 5.41) is 0. The van der Waals surface area contributed by atoms with Crippen LogP contribution in [0.2, 0.25) is 0 Å². The summed E-state index contributed by atoms with van der Waals surface area (Å²) in [6.45, 7) is 0. The van der Waals surface area contributed by atoms with Gasteiger partial charge in [0.25, 0.3) is 0 Å². The fourth-order valence-corrected chi connectivity index (χ4v) is 1.66. The maximum Gasteiger partial charge on any atom is 0.244 e. The van der Waals surface area contributed by atoms with Crippen molar-refractivity contribution in [3.63, 3.8) is 0 Å². The molecule has 0 atom stereocenters. The lowest BCUT2D eigenvalue weighted by atomic mass is 10.2. The summed E-state index contributed by atoms with van der Waals surface area (Å²) in [7, 11) is 0. The minimum Gasteiger partial charge on any atom is -0.150 e. The van der Waals surface area contributed by atoms with Crippen LogP contribution in [0.5, 0.6) is 0 Å². The van der Waals surface area contributed by atoms with Gasteiger partial charge in [-0.3, -0.25) is 0 Å². The van der Waals surface area contributed by atoms with Gasteiger partial charge in [-0.1, -0.05) is 36.4 Å². The zero-order chi connectivity index (χ0) is 10.5. The largest absolute Gasteiger partial charge is 0.244 e. The maximum atomic E-state index is 5.84. The smallest absolute Gasteiger partial charge is 0.150 e. The Balaban J connectivity index is 2.44. The third-order valence-corrected chi connectivity index (χ3v) is 2.36. The van der Waals surface area contributed by atoms with Gasteiger partial charge in [-0.2, -0.15) is 0 Å². The van der Waals surface area contributed by atoms with Gasteiger partial charge in [0.2, 0.25) is 17.0 Å². The molecular weight excluding hydrogens is 206 g/mol. The fourth-order valence-electron chi connectivity index (χ4n) is 1.44. The van der Waals surface area contributed by atoms with Crippen molar-refractivity contribution in [2.75, 3.05) is 0 Å². The molecule has 2 aromatic carbocycles. The van der Waals surface area contributed by atoms with Crippen LogP contribution in [0.4, 0.5) is 11.4 Å². The maximum absolute atomic E-state index is 5.84. The highest BCUT2D eigenvalue weighted by atomic mass is 35.5. The molecular formula is C13H11ClN+. The van der Waals surface area contributed by atoms with Crippen LogP contribution < -0.4 is 4.58 Å². The zero-order valence-electron chi connectivity index (χ0n) is 8.18. The van der Waals surface area contributed by atoms with Gasteiger partial charge in [0, 0.05) is 24.3 Å². The van der Waals surface area contributed by atoms with E-state index in [2.05, 4.69) is 0 Å². The third kappa shape index (κ3) is 2.25. The average Bonchev–Trinajstić information content (AvgIpc) is 2.33. The molecule has 0 aliphatic rings. The molecule has 0 heterocycles. The molecule has 0 aliphatic carbocycles. The van der Waals surface area contributed by atoms with Crippen LogP contribution >= 0.6 is 11.6 Å². The summed E-state index contributed by atoms with van der Waals surface area (Å²) >= 11 is 5.84. The predicted octanol–water partition coefficient (Wildman–Crippen LogP) is 3.79. The highest BCUT2D eigenvalue weighted by molar-refractivity contribution is 6.56. The van der Waals surface area contributed by atoms with E-state index in [1.807, 2.05) is 65.2 Å². The number of hydrogen-bond acceptors (Lipinski definition) is 0. The topological polar surface area (TPSA) is 3.01 Å². The second-order valence-electron chi connectivity index (χ2n) is 3.14. The quantitative estimate of drug-likeness (QED) is 0.531. The van der Waals surface area contributed by atoms with Gasteiger partial charge in [0.15, 0.2) is 0 Å². The van der Waals surface area contributed by atoms with Crippen LogP contribution in [-0.4, -0.2) is 5.67 Å². The molecule has 2 rings (SSSR count). The van der Waals surface area contributed by atoms with Gasteiger partial charge in [-0.05, 0) is 11.6 Å². The minimum absolute atomic E-state index is 1.05. The molecule has 0 spiro atoms. The molecule has 1 nitrogen and oxygen atoms in total. The second-order valence-corrected chi connectivity index (χ2v) is 3.33. The lowest BCUT2D eigenvalue weighted by Crippen LogP contribution is -2.01. The Kier molecular flexibility index (Phi) is 3.15. The van der Waals surface area contributed by atoms with Crippen molar-refractivity contribution in [1.82, 2.24) is 4.58 Å². The van der Waals surface area contributed by atoms with E-state index in [-0.39, 0.29) is 0 Å². The summed E-state index contributed by atoms with van der Waals surface area (Å²) < 4.78 is 1.93. The first-order valence-electron chi connectivity index (χ1n) is 4.74. The number of halogens is 1. The Morgan fingerprint density at radius 3 is 1.47 bits per heavy atom. The molecule has 74 valence electrons. The molecule has 0 bridgehead atoms. The van der Waals surface area contributed by atoms with E-state index in [1.165, 1.54) is 0 Å². The summed E-state index contributed by atoms with van der Waals surface area (Å²) in [4.78, 5) is 0. The van der Waals surface area contributed by atoms with Crippen molar-refractivity contribution in [2.45, 2.75) is 0 Å². The first-order valence-corrected chi connectivity index (χ1v) is 5.18. The first-order chi connectivity index (χ1) is 7.42. The molecule has 0 saturated carbocycles. The Morgan fingerprint density at radius 2 is 1.13 bits per heavy atom. The van der Waals surface area contributed by atoms with Gasteiger partial charge in [0.05, 0.1) is 0 Å². The molecule has 2 aromatic rings. The van der Waals surface area contributed by atoms with Crippen LogP contribution in [0.15, 0.2) is 60.7 Å². The molecule has 0 fully saturated rings. The molecule has 2 heteroatoms. The molecule has 0 saturated heterocycles. The van der Waals surface area contributed by atoms with Crippen molar-refractivity contribution in [3.8, 4) is 0 Å². The first kappa shape index (κ1) is 9.94. The Bertz CT molecular complexity index is 407. The van der Waals surface area contributed by atoms with Crippen molar-refractivity contribution in [3.05, 3.63) is 60.7 Å². The third-order valence-electron chi connectivity index (χ3n) is 2.17. The summed E-state index contributed by atoms with van der Waals surface area (Å²) in [6.07, 6.45) is 0. The van der Waals surface area contributed by atoms with Crippen LogP contribution in [-0.2, 0) is 0 Å². The highest BCUT2D eigenvalue weighted by Gasteiger charge is 2.10. The number of nitrogens with zero attached hydrogens (tertiary/aromatic N) is 1. The van der Waals surface area contributed by atoms with E-state index in [4.69, 9.17) is 11.6 Å². The molecule has 0 radical (unpaired) electrons. The number of para-hydroxylation sites is 2. The Hall–Kier alpha value is -1.60. The zero-order valence-corrected chi connectivity index (χ0v) is 8.93. The second kappa shape index (κ2) is 4.76. The summed E-state index contributed by atoms with van der Waals surface area (Å²) in [6, 6.07) is 20.0. The lowest BCUT2D eigenvalue weighted by molar-refractivity contribution is 1.11. The van der Waals surface area contributed by atoms with Crippen LogP contribution in [0.1, 0.15) is 0 Å². The van der Waals surface area contributed by atoms with E-state index in [0.717, 1.165) is 11.4 Å². The standard InChI is InChI=1S/C13H11ClN/c14-11-15(12-7-3-1-4-8-12)13-9-5-2-6-10-13/h1-11H/q+1. The average molecular weight is 217 g/mol. The normalized spacial score (nSPS) is 9.67. The van der Waals surface area contributed by atoms with E-state index >= 15 is 0 Å². The van der Waals surface area contributed by atoms with E-state index in [1.54, 1.807) is 5.67 Å². The van der Waals surface area contributed by atoms with E-state index < -0.39 is 0 Å². The van der Waals surface area contributed by atoms with Gasteiger partial charge < -0.3 is 0 Å². The van der Waals surface area contributed by atoms with Crippen LogP contribution in [0, 0.1) is 0 Å². The summed E-state index contributed by atoms with van der Waals surface area (Å²) in [5.74, 6) is 0. The molecule has 0 amide bonds. The van der Waals surface area contributed by atoms with Crippen LogP contribution in [0.25, 0.3) is 0 Å². The van der Waals surface area contributed by atoms with Gasteiger partial charge >= 0.3 is 0 Å². The SMILES string of the molecule is ClC=[N+](c1ccccc1)c1ccccc1. The monoisotopic (exact) mass is 216 g/mol. The summed E-state index contributed by atoms with van der Waals surface area (Å²) in [5.41, 5.74) is 3.66. The van der Waals surface area contributed by atoms with Crippen molar-refractivity contribution in [1.29, 1.82) is 0 Å². The van der Waals surface area contributed by atoms with Gasteiger partial charge in [0.1, 0.15) is 0 Å². The molecule has 0 aliphatic heterocycles. The highest BCUT2D eigenvalue weighted by Crippen LogP contribution is 2.19.